The molecule has 0 radical (unpaired) electrons. The van der Waals surface area contributed by atoms with Crippen LogP contribution in [0.2, 0.25) is 10.0 Å². The van der Waals surface area contributed by atoms with Gasteiger partial charge in [-0.05, 0) is 48.9 Å². The highest BCUT2D eigenvalue weighted by Gasteiger charge is 2.18. The van der Waals surface area contributed by atoms with Crippen LogP contribution >= 0.6 is 35.0 Å². The molecule has 32 heavy (non-hydrogen) atoms. The molecule has 0 fully saturated rings. The largest absolute Gasteiger partial charge is 0.497 e. The molecule has 5 nitrogen and oxygen atoms in total. The van der Waals surface area contributed by atoms with Crippen molar-refractivity contribution in [1.29, 1.82) is 0 Å². The SMILES string of the molecule is COc1cc(OC)cc(-c2nnc(SCc3ccc(Cl)cc3Cl)n2-c2ccc(C)cc2)c1. The number of methoxy groups -OCH3 is 2. The van der Waals surface area contributed by atoms with Gasteiger partial charge >= 0.3 is 0 Å². The number of hydrogen-bond acceptors (Lipinski definition) is 5. The normalized spacial score (nSPS) is 10.9. The van der Waals surface area contributed by atoms with Gasteiger partial charge in [0, 0.05) is 33.1 Å². The number of benzene rings is 3. The summed E-state index contributed by atoms with van der Waals surface area (Å²) in [5.41, 5.74) is 3.95. The fourth-order valence-electron chi connectivity index (χ4n) is 3.19. The molecule has 0 saturated carbocycles. The van der Waals surface area contributed by atoms with Crippen LogP contribution in [0.4, 0.5) is 0 Å². The average Bonchev–Trinajstić information content (AvgIpc) is 3.22. The Morgan fingerprint density at radius 3 is 2.19 bits per heavy atom. The smallest absolute Gasteiger partial charge is 0.196 e. The number of hydrogen-bond donors (Lipinski definition) is 0. The summed E-state index contributed by atoms with van der Waals surface area (Å²) < 4.78 is 12.9. The molecule has 0 aliphatic carbocycles. The Labute approximate surface area is 201 Å². The highest BCUT2D eigenvalue weighted by Crippen LogP contribution is 2.34. The first-order chi connectivity index (χ1) is 15.5. The van der Waals surface area contributed by atoms with Crippen molar-refractivity contribution in [2.45, 2.75) is 17.8 Å². The lowest BCUT2D eigenvalue weighted by Gasteiger charge is -2.13. The van der Waals surface area contributed by atoms with E-state index in [4.69, 9.17) is 32.7 Å². The van der Waals surface area contributed by atoms with Crippen LogP contribution in [0.5, 0.6) is 11.5 Å². The number of halogens is 2. The Balaban J connectivity index is 1.78. The molecule has 0 aliphatic heterocycles. The molecule has 0 bridgehead atoms. The van der Waals surface area contributed by atoms with Crippen LogP contribution in [0.1, 0.15) is 11.1 Å². The molecule has 0 saturated heterocycles. The molecule has 0 spiro atoms. The number of aryl methyl sites for hydroxylation is 1. The van der Waals surface area contributed by atoms with Gasteiger partial charge in [-0.25, -0.2) is 0 Å². The van der Waals surface area contributed by atoms with E-state index < -0.39 is 0 Å². The van der Waals surface area contributed by atoms with E-state index in [9.17, 15) is 0 Å². The summed E-state index contributed by atoms with van der Waals surface area (Å²) in [7, 11) is 3.25. The first-order valence-corrected chi connectivity index (χ1v) is 11.6. The Bertz CT molecular complexity index is 1220. The predicted molar refractivity (Wildman–Crippen MR) is 131 cm³/mol. The quantitative estimate of drug-likeness (QED) is 0.267. The Kier molecular flexibility index (Phi) is 6.94. The van der Waals surface area contributed by atoms with Crippen molar-refractivity contribution in [2.75, 3.05) is 14.2 Å². The van der Waals surface area contributed by atoms with Gasteiger partial charge in [-0.15, -0.1) is 10.2 Å². The van der Waals surface area contributed by atoms with Gasteiger partial charge in [0.25, 0.3) is 0 Å². The third-order valence-electron chi connectivity index (χ3n) is 4.91. The van der Waals surface area contributed by atoms with E-state index in [1.807, 2.05) is 34.9 Å². The van der Waals surface area contributed by atoms with Gasteiger partial charge in [-0.1, -0.05) is 58.7 Å². The maximum Gasteiger partial charge on any atom is 0.196 e. The van der Waals surface area contributed by atoms with Crippen LogP contribution in [0.15, 0.2) is 65.8 Å². The molecule has 8 heteroatoms. The van der Waals surface area contributed by atoms with Gasteiger partial charge < -0.3 is 9.47 Å². The molecule has 3 aromatic carbocycles. The van der Waals surface area contributed by atoms with Gasteiger partial charge in [-0.3, -0.25) is 4.57 Å². The lowest BCUT2D eigenvalue weighted by molar-refractivity contribution is 0.394. The minimum Gasteiger partial charge on any atom is -0.497 e. The van der Waals surface area contributed by atoms with Gasteiger partial charge in [0.15, 0.2) is 11.0 Å². The summed E-state index contributed by atoms with van der Waals surface area (Å²) in [6, 6.07) is 19.4. The lowest BCUT2D eigenvalue weighted by Crippen LogP contribution is -2.00. The predicted octanol–water partition coefficient (Wildman–Crippen LogP) is 6.86. The van der Waals surface area contributed by atoms with Gasteiger partial charge in [0.2, 0.25) is 0 Å². The zero-order valence-corrected chi connectivity index (χ0v) is 20.1. The Hall–Kier alpha value is -2.67. The summed E-state index contributed by atoms with van der Waals surface area (Å²) in [4.78, 5) is 0. The van der Waals surface area contributed by atoms with Crippen molar-refractivity contribution in [2.24, 2.45) is 0 Å². The fourth-order valence-corrected chi connectivity index (χ4v) is 4.70. The van der Waals surface area contributed by atoms with E-state index in [1.54, 1.807) is 32.0 Å². The number of rotatable bonds is 7. The first kappa shape index (κ1) is 22.5. The Morgan fingerprint density at radius 2 is 1.56 bits per heavy atom. The van der Waals surface area contributed by atoms with Crippen LogP contribution in [0, 0.1) is 6.92 Å². The second kappa shape index (κ2) is 9.86. The molecule has 0 atom stereocenters. The summed E-state index contributed by atoms with van der Waals surface area (Å²) in [5, 5.41) is 11.0. The highest BCUT2D eigenvalue weighted by molar-refractivity contribution is 7.98. The zero-order chi connectivity index (χ0) is 22.7. The van der Waals surface area contributed by atoms with E-state index >= 15 is 0 Å². The van der Waals surface area contributed by atoms with Gasteiger partial charge in [0.1, 0.15) is 11.5 Å². The van der Waals surface area contributed by atoms with Crippen LogP contribution in [0.3, 0.4) is 0 Å². The van der Waals surface area contributed by atoms with Crippen LogP contribution in [-0.2, 0) is 5.75 Å². The van der Waals surface area contributed by atoms with Crippen molar-refractivity contribution in [1.82, 2.24) is 14.8 Å². The van der Waals surface area contributed by atoms with E-state index in [2.05, 4.69) is 41.4 Å². The number of nitrogens with zero attached hydrogens (tertiary/aromatic N) is 3. The second-order valence-electron chi connectivity index (χ2n) is 7.10. The van der Waals surface area contributed by atoms with Gasteiger partial charge in [0.05, 0.1) is 14.2 Å². The standard InChI is InChI=1S/C24H21Cl2N3O2S/c1-15-4-8-19(9-5-15)29-23(17-10-20(30-2)13-21(11-17)31-3)27-28-24(29)32-14-16-6-7-18(25)12-22(16)26/h4-13H,14H2,1-3H3. The van der Waals surface area contributed by atoms with E-state index in [0.717, 1.165) is 22.0 Å². The molecular formula is C24H21Cl2N3O2S. The first-order valence-electron chi connectivity index (χ1n) is 9.81. The molecule has 164 valence electrons. The number of thioether (sulfide) groups is 1. The number of ether oxygens (including phenoxy) is 2. The van der Waals surface area contributed by atoms with E-state index in [0.29, 0.717) is 33.1 Å². The second-order valence-corrected chi connectivity index (χ2v) is 8.89. The molecular weight excluding hydrogens is 465 g/mol. The van der Waals surface area contributed by atoms with E-state index in [1.165, 1.54) is 5.56 Å². The third kappa shape index (κ3) is 4.88. The summed E-state index contributed by atoms with van der Waals surface area (Å²) in [6.07, 6.45) is 0. The maximum atomic E-state index is 6.37. The average molecular weight is 486 g/mol. The Morgan fingerprint density at radius 1 is 0.875 bits per heavy atom. The molecule has 1 heterocycles. The summed E-state index contributed by atoms with van der Waals surface area (Å²) in [6.45, 7) is 2.06. The molecule has 0 N–H and O–H groups in total. The minimum atomic E-state index is 0.612. The van der Waals surface area contributed by atoms with Crippen LogP contribution in [-0.4, -0.2) is 29.0 Å². The van der Waals surface area contributed by atoms with Crippen molar-refractivity contribution in [3.63, 3.8) is 0 Å². The monoisotopic (exact) mass is 485 g/mol. The van der Waals surface area contributed by atoms with Crippen molar-refractivity contribution >= 4 is 35.0 Å². The van der Waals surface area contributed by atoms with E-state index in [-0.39, 0.29) is 0 Å². The lowest BCUT2D eigenvalue weighted by atomic mass is 10.1. The maximum absolute atomic E-state index is 6.37. The molecule has 0 unspecified atom stereocenters. The van der Waals surface area contributed by atoms with Gasteiger partial charge in [-0.2, -0.15) is 0 Å². The number of aromatic nitrogens is 3. The highest BCUT2D eigenvalue weighted by atomic mass is 35.5. The molecule has 4 rings (SSSR count). The zero-order valence-electron chi connectivity index (χ0n) is 17.8. The minimum absolute atomic E-state index is 0.612. The van der Waals surface area contributed by atoms with Crippen LogP contribution < -0.4 is 9.47 Å². The third-order valence-corrected chi connectivity index (χ3v) is 6.47. The summed E-state index contributed by atoms with van der Waals surface area (Å²) in [5.74, 6) is 2.68. The summed E-state index contributed by atoms with van der Waals surface area (Å²) >= 11 is 14.0. The molecule has 0 amide bonds. The fraction of sp³-hybridized carbons (Fsp3) is 0.167. The topological polar surface area (TPSA) is 49.2 Å². The van der Waals surface area contributed by atoms with Crippen molar-refractivity contribution in [3.8, 4) is 28.6 Å². The molecule has 4 aromatic rings. The molecule has 0 aliphatic rings. The van der Waals surface area contributed by atoms with Crippen LogP contribution in [0.25, 0.3) is 17.1 Å². The molecule has 1 aromatic heterocycles. The van der Waals surface area contributed by atoms with Crippen molar-refractivity contribution < 1.29 is 9.47 Å². The van der Waals surface area contributed by atoms with Crippen molar-refractivity contribution in [3.05, 3.63) is 81.8 Å².